The third-order valence-corrected chi connectivity index (χ3v) is 4.15. The molecule has 0 fully saturated rings. The SMILES string of the molecule is CCC(=O)Nc1cccc(-n2nc(OCCOC)nc2-c2ccc(OC)cc2)c1. The quantitative estimate of drug-likeness (QED) is 0.558. The van der Waals surface area contributed by atoms with E-state index in [0.717, 1.165) is 17.0 Å². The molecule has 0 spiro atoms. The van der Waals surface area contributed by atoms with Gasteiger partial charge in [-0.2, -0.15) is 4.98 Å². The van der Waals surface area contributed by atoms with E-state index in [1.54, 1.807) is 18.9 Å². The number of hydrogen-bond acceptors (Lipinski definition) is 6. The number of nitrogens with one attached hydrogen (secondary N) is 1. The van der Waals surface area contributed by atoms with Crippen LogP contribution in [0.1, 0.15) is 13.3 Å². The molecule has 0 saturated carbocycles. The molecular formula is C21H24N4O4. The minimum absolute atomic E-state index is 0.0558. The van der Waals surface area contributed by atoms with Crippen molar-refractivity contribution in [1.29, 1.82) is 0 Å². The molecule has 0 radical (unpaired) electrons. The second-order valence-corrected chi connectivity index (χ2v) is 6.15. The smallest absolute Gasteiger partial charge is 0.336 e. The summed E-state index contributed by atoms with van der Waals surface area (Å²) in [5.41, 5.74) is 2.29. The van der Waals surface area contributed by atoms with Crippen LogP contribution in [0.4, 0.5) is 5.69 Å². The highest BCUT2D eigenvalue weighted by molar-refractivity contribution is 5.90. The van der Waals surface area contributed by atoms with Crippen LogP contribution in [0.3, 0.4) is 0 Å². The van der Waals surface area contributed by atoms with E-state index in [9.17, 15) is 4.79 Å². The minimum Gasteiger partial charge on any atom is -0.497 e. The number of amides is 1. The van der Waals surface area contributed by atoms with Gasteiger partial charge in [-0.05, 0) is 42.5 Å². The third-order valence-electron chi connectivity index (χ3n) is 4.15. The summed E-state index contributed by atoms with van der Waals surface area (Å²) in [5.74, 6) is 1.31. The molecule has 0 bridgehead atoms. The van der Waals surface area contributed by atoms with Gasteiger partial charge in [-0.3, -0.25) is 4.79 Å². The molecule has 3 aromatic rings. The first-order valence-electron chi connectivity index (χ1n) is 9.28. The minimum atomic E-state index is -0.0558. The molecule has 1 heterocycles. The zero-order valence-electron chi connectivity index (χ0n) is 16.7. The van der Waals surface area contributed by atoms with E-state index in [4.69, 9.17) is 14.2 Å². The van der Waals surface area contributed by atoms with Crippen molar-refractivity contribution >= 4 is 11.6 Å². The number of carbonyl (C=O) groups is 1. The van der Waals surface area contributed by atoms with Gasteiger partial charge in [0.1, 0.15) is 12.4 Å². The summed E-state index contributed by atoms with van der Waals surface area (Å²) in [6, 6.07) is 15.2. The number of nitrogens with zero attached hydrogens (tertiary/aromatic N) is 3. The van der Waals surface area contributed by atoms with Crippen LogP contribution in [-0.4, -0.2) is 48.1 Å². The Hall–Kier alpha value is -3.39. The van der Waals surface area contributed by atoms with Gasteiger partial charge in [0.2, 0.25) is 5.91 Å². The molecule has 8 nitrogen and oxygen atoms in total. The van der Waals surface area contributed by atoms with Gasteiger partial charge in [0.25, 0.3) is 0 Å². The van der Waals surface area contributed by atoms with Gasteiger partial charge < -0.3 is 19.5 Å². The van der Waals surface area contributed by atoms with Crippen LogP contribution in [-0.2, 0) is 9.53 Å². The van der Waals surface area contributed by atoms with Crippen LogP contribution in [0.2, 0.25) is 0 Å². The van der Waals surface area contributed by atoms with Crippen molar-refractivity contribution < 1.29 is 19.0 Å². The van der Waals surface area contributed by atoms with Gasteiger partial charge in [0, 0.05) is 24.8 Å². The molecule has 2 aromatic carbocycles. The molecule has 3 rings (SSSR count). The Morgan fingerprint density at radius 2 is 1.90 bits per heavy atom. The Labute approximate surface area is 169 Å². The van der Waals surface area contributed by atoms with Crippen molar-refractivity contribution in [2.45, 2.75) is 13.3 Å². The van der Waals surface area contributed by atoms with E-state index in [1.165, 1.54) is 0 Å². The molecule has 29 heavy (non-hydrogen) atoms. The topological polar surface area (TPSA) is 87.5 Å². The first-order chi connectivity index (χ1) is 14.1. The maximum absolute atomic E-state index is 11.7. The lowest BCUT2D eigenvalue weighted by Gasteiger charge is -2.09. The normalized spacial score (nSPS) is 10.6. The number of hydrogen-bond donors (Lipinski definition) is 1. The number of anilines is 1. The molecule has 0 saturated heterocycles. The molecular weight excluding hydrogens is 372 g/mol. The standard InChI is InChI=1S/C21H24N4O4/c1-4-19(26)22-16-6-5-7-17(14-16)25-20(15-8-10-18(28-3)11-9-15)23-21(24-25)29-13-12-27-2/h5-11,14H,4,12-13H2,1-3H3,(H,22,26). The summed E-state index contributed by atoms with van der Waals surface area (Å²) in [6.45, 7) is 2.59. The predicted octanol–water partition coefficient (Wildman–Crippen LogP) is 3.32. The van der Waals surface area contributed by atoms with E-state index in [-0.39, 0.29) is 11.9 Å². The van der Waals surface area contributed by atoms with Gasteiger partial charge in [-0.25, -0.2) is 4.68 Å². The molecule has 1 N–H and O–H groups in total. The van der Waals surface area contributed by atoms with Crippen molar-refractivity contribution in [3.63, 3.8) is 0 Å². The van der Waals surface area contributed by atoms with E-state index in [0.29, 0.717) is 31.1 Å². The van der Waals surface area contributed by atoms with E-state index in [1.807, 2.05) is 55.5 Å². The van der Waals surface area contributed by atoms with Crippen LogP contribution in [0.15, 0.2) is 48.5 Å². The van der Waals surface area contributed by atoms with E-state index < -0.39 is 0 Å². The number of ether oxygens (including phenoxy) is 3. The molecule has 1 amide bonds. The predicted molar refractivity (Wildman–Crippen MR) is 110 cm³/mol. The lowest BCUT2D eigenvalue weighted by atomic mass is 10.2. The molecule has 0 aliphatic carbocycles. The van der Waals surface area contributed by atoms with Crippen molar-refractivity contribution in [2.24, 2.45) is 0 Å². The number of aromatic nitrogens is 3. The molecule has 1 aromatic heterocycles. The fourth-order valence-electron chi connectivity index (χ4n) is 2.64. The lowest BCUT2D eigenvalue weighted by molar-refractivity contribution is -0.115. The first-order valence-corrected chi connectivity index (χ1v) is 9.28. The highest BCUT2D eigenvalue weighted by atomic mass is 16.5. The van der Waals surface area contributed by atoms with Crippen molar-refractivity contribution in [3.05, 3.63) is 48.5 Å². The number of benzene rings is 2. The summed E-state index contributed by atoms with van der Waals surface area (Å²) >= 11 is 0. The summed E-state index contributed by atoms with van der Waals surface area (Å²) in [6.07, 6.45) is 0.405. The van der Waals surface area contributed by atoms with Gasteiger partial charge >= 0.3 is 6.01 Å². The molecule has 0 aliphatic rings. The first kappa shape index (κ1) is 20.3. The number of carbonyl (C=O) groups excluding carboxylic acids is 1. The van der Waals surface area contributed by atoms with Crippen molar-refractivity contribution in [1.82, 2.24) is 14.8 Å². The second-order valence-electron chi connectivity index (χ2n) is 6.15. The van der Waals surface area contributed by atoms with Gasteiger partial charge in [0.15, 0.2) is 5.82 Å². The third kappa shape index (κ3) is 5.11. The highest BCUT2D eigenvalue weighted by Gasteiger charge is 2.15. The van der Waals surface area contributed by atoms with Crippen LogP contribution in [0.25, 0.3) is 17.1 Å². The fraction of sp³-hybridized carbons (Fsp3) is 0.286. The van der Waals surface area contributed by atoms with Gasteiger partial charge in [0.05, 0.1) is 19.4 Å². The number of rotatable bonds is 9. The largest absolute Gasteiger partial charge is 0.497 e. The van der Waals surface area contributed by atoms with Crippen LogP contribution in [0.5, 0.6) is 11.8 Å². The Morgan fingerprint density at radius 1 is 1.10 bits per heavy atom. The summed E-state index contributed by atoms with van der Waals surface area (Å²) in [4.78, 5) is 16.3. The highest BCUT2D eigenvalue weighted by Crippen LogP contribution is 2.26. The van der Waals surface area contributed by atoms with Crippen molar-refractivity contribution in [3.8, 4) is 28.8 Å². The maximum atomic E-state index is 11.7. The number of methoxy groups -OCH3 is 2. The monoisotopic (exact) mass is 396 g/mol. The van der Waals surface area contributed by atoms with Gasteiger partial charge in [-0.1, -0.05) is 13.0 Å². The van der Waals surface area contributed by atoms with Gasteiger partial charge in [-0.15, -0.1) is 5.10 Å². The average molecular weight is 396 g/mol. The average Bonchev–Trinajstić information content (AvgIpc) is 3.18. The summed E-state index contributed by atoms with van der Waals surface area (Å²) < 4.78 is 17.5. The van der Waals surface area contributed by atoms with Crippen LogP contribution in [0, 0.1) is 0 Å². The van der Waals surface area contributed by atoms with E-state index >= 15 is 0 Å². The Balaban J connectivity index is 1.99. The van der Waals surface area contributed by atoms with Crippen LogP contribution >= 0.6 is 0 Å². The lowest BCUT2D eigenvalue weighted by Crippen LogP contribution is -2.10. The van der Waals surface area contributed by atoms with E-state index in [2.05, 4.69) is 15.4 Å². The van der Waals surface area contributed by atoms with Crippen LogP contribution < -0.4 is 14.8 Å². The maximum Gasteiger partial charge on any atom is 0.336 e. The molecule has 0 aliphatic heterocycles. The Bertz CT molecular complexity index is 954. The zero-order chi connectivity index (χ0) is 20.6. The summed E-state index contributed by atoms with van der Waals surface area (Å²) in [5, 5.41) is 7.36. The Kier molecular flexibility index (Phi) is 6.80. The molecule has 152 valence electrons. The van der Waals surface area contributed by atoms with Crippen molar-refractivity contribution in [2.75, 3.05) is 32.8 Å². The molecule has 0 unspecified atom stereocenters. The summed E-state index contributed by atoms with van der Waals surface area (Å²) in [7, 11) is 3.23. The molecule has 8 heteroatoms. The molecule has 0 atom stereocenters. The zero-order valence-corrected chi connectivity index (χ0v) is 16.7. The second kappa shape index (κ2) is 9.70. The fourth-order valence-corrected chi connectivity index (χ4v) is 2.64. The Morgan fingerprint density at radius 3 is 2.59 bits per heavy atom.